The zero-order valence-corrected chi connectivity index (χ0v) is 12.2. The summed E-state index contributed by atoms with van der Waals surface area (Å²) in [5.41, 5.74) is 7.30. The Bertz CT molecular complexity index is 599. The largest absolute Gasteiger partial charge is 0.384 e. The Morgan fingerprint density at radius 1 is 1.33 bits per heavy atom. The maximum absolute atomic E-state index is 7.65. The van der Waals surface area contributed by atoms with E-state index in [2.05, 4.69) is 20.9 Å². The van der Waals surface area contributed by atoms with Gasteiger partial charge in [0.25, 0.3) is 0 Å². The molecule has 0 saturated carbocycles. The Kier molecular flexibility index (Phi) is 4.04. The summed E-state index contributed by atoms with van der Waals surface area (Å²) in [6, 6.07) is 9.77. The molecule has 1 aromatic heterocycles. The van der Waals surface area contributed by atoms with Crippen LogP contribution < -0.4 is 5.73 Å². The predicted octanol–water partition coefficient (Wildman–Crippen LogP) is 3.59. The lowest BCUT2D eigenvalue weighted by molar-refractivity contribution is 1.08. The van der Waals surface area contributed by atoms with Gasteiger partial charge in [0.2, 0.25) is 0 Å². The number of halogens is 1. The molecule has 2 aromatic rings. The van der Waals surface area contributed by atoms with Crippen LogP contribution >= 0.6 is 27.7 Å². The molecule has 18 heavy (non-hydrogen) atoms. The Morgan fingerprint density at radius 3 is 2.72 bits per heavy atom. The molecule has 5 heteroatoms. The van der Waals surface area contributed by atoms with Crippen LogP contribution in [0.3, 0.4) is 0 Å². The van der Waals surface area contributed by atoms with Crippen molar-refractivity contribution in [2.45, 2.75) is 16.8 Å². The highest BCUT2D eigenvalue weighted by molar-refractivity contribution is 9.10. The van der Waals surface area contributed by atoms with Crippen LogP contribution in [0.25, 0.3) is 0 Å². The molecular formula is C13H12BrN3S. The summed E-state index contributed by atoms with van der Waals surface area (Å²) in [5.74, 6) is 0.0511. The van der Waals surface area contributed by atoms with Crippen molar-refractivity contribution in [2.75, 3.05) is 0 Å². The van der Waals surface area contributed by atoms with Gasteiger partial charge in [-0.05, 0) is 46.6 Å². The standard InChI is InChI=1S/C13H12BrN3S/c1-8-6-7-17-13(11(8)12(15)16)18-10-5-3-2-4-9(10)14/h2-7H,1H3,(H3,15,16). The molecule has 0 aliphatic heterocycles. The molecule has 0 amide bonds. The predicted molar refractivity (Wildman–Crippen MR) is 78.3 cm³/mol. The number of nitrogen functional groups attached to an aromatic ring is 1. The van der Waals surface area contributed by atoms with Gasteiger partial charge in [-0.25, -0.2) is 4.98 Å². The van der Waals surface area contributed by atoms with Crippen molar-refractivity contribution in [1.29, 1.82) is 5.41 Å². The van der Waals surface area contributed by atoms with Crippen molar-refractivity contribution in [3.05, 3.63) is 52.1 Å². The number of hydrogen-bond donors (Lipinski definition) is 2. The second-order valence-electron chi connectivity index (χ2n) is 3.75. The first kappa shape index (κ1) is 13.1. The summed E-state index contributed by atoms with van der Waals surface area (Å²) in [7, 11) is 0. The van der Waals surface area contributed by atoms with Crippen molar-refractivity contribution in [2.24, 2.45) is 5.73 Å². The average molecular weight is 322 g/mol. The van der Waals surface area contributed by atoms with Crippen LogP contribution in [0, 0.1) is 12.3 Å². The highest BCUT2D eigenvalue weighted by Crippen LogP contribution is 2.34. The number of aryl methyl sites for hydroxylation is 1. The van der Waals surface area contributed by atoms with Gasteiger partial charge in [-0.3, -0.25) is 5.41 Å². The molecule has 0 fully saturated rings. The van der Waals surface area contributed by atoms with Crippen molar-refractivity contribution < 1.29 is 0 Å². The topological polar surface area (TPSA) is 62.8 Å². The highest BCUT2D eigenvalue weighted by Gasteiger charge is 2.12. The molecule has 1 aromatic carbocycles. The van der Waals surface area contributed by atoms with Gasteiger partial charge in [0.05, 0.1) is 5.56 Å². The van der Waals surface area contributed by atoms with E-state index in [4.69, 9.17) is 11.1 Å². The molecule has 0 saturated heterocycles. The van der Waals surface area contributed by atoms with E-state index in [-0.39, 0.29) is 5.84 Å². The summed E-state index contributed by atoms with van der Waals surface area (Å²) >= 11 is 5.00. The lowest BCUT2D eigenvalue weighted by atomic mass is 10.1. The maximum Gasteiger partial charge on any atom is 0.125 e. The summed E-state index contributed by atoms with van der Waals surface area (Å²) in [6.45, 7) is 1.93. The first-order chi connectivity index (χ1) is 8.59. The van der Waals surface area contributed by atoms with E-state index in [0.29, 0.717) is 5.56 Å². The normalized spacial score (nSPS) is 10.3. The van der Waals surface area contributed by atoms with E-state index in [0.717, 1.165) is 20.0 Å². The number of benzene rings is 1. The minimum absolute atomic E-state index is 0.0511. The molecular weight excluding hydrogens is 310 g/mol. The molecule has 0 radical (unpaired) electrons. The Morgan fingerprint density at radius 2 is 2.06 bits per heavy atom. The van der Waals surface area contributed by atoms with E-state index in [1.165, 1.54) is 11.8 Å². The lowest BCUT2D eigenvalue weighted by Gasteiger charge is -2.10. The first-order valence-electron chi connectivity index (χ1n) is 5.32. The second-order valence-corrected chi connectivity index (χ2v) is 5.64. The fourth-order valence-electron chi connectivity index (χ4n) is 1.57. The molecule has 0 bridgehead atoms. The summed E-state index contributed by atoms with van der Waals surface area (Å²) in [6.07, 6.45) is 1.74. The first-order valence-corrected chi connectivity index (χ1v) is 6.93. The molecule has 0 unspecified atom stereocenters. The Hall–Kier alpha value is -1.33. The van der Waals surface area contributed by atoms with Crippen LogP contribution in [-0.2, 0) is 0 Å². The molecule has 0 aliphatic rings. The number of rotatable bonds is 3. The fourth-order valence-corrected chi connectivity index (χ4v) is 3.10. The number of aromatic nitrogens is 1. The third kappa shape index (κ3) is 2.73. The van der Waals surface area contributed by atoms with Crippen LogP contribution in [-0.4, -0.2) is 10.8 Å². The molecule has 1 heterocycles. The second kappa shape index (κ2) is 5.54. The van der Waals surface area contributed by atoms with Gasteiger partial charge in [0.1, 0.15) is 10.9 Å². The Labute approximate surface area is 118 Å². The Balaban J connectivity index is 2.44. The van der Waals surface area contributed by atoms with Crippen molar-refractivity contribution in [3.63, 3.8) is 0 Å². The minimum atomic E-state index is 0.0511. The SMILES string of the molecule is Cc1ccnc(Sc2ccccc2Br)c1C(=N)N. The fraction of sp³-hybridized carbons (Fsp3) is 0.0769. The van der Waals surface area contributed by atoms with Gasteiger partial charge in [0.15, 0.2) is 0 Å². The summed E-state index contributed by atoms with van der Waals surface area (Å²) < 4.78 is 1.01. The summed E-state index contributed by atoms with van der Waals surface area (Å²) in [4.78, 5) is 5.37. The summed E-state index contributed by atoms with van der Waals surface area (Å²) in [5, 5.41) is 8.41. The number of nitrogens with zero attached hydrogens (tertiary/aromatic N) is 1. The van der Waals surface area contributed by atoms with E-state index in [1.54, 1.807) is 6.20 Å². The number of nitrogens with one attached hydrogen (secondary N) is 1. The van der Waals surface area contributed by atoms with Crippen LogP contribution in [0.1, 0.15) is 11.1 Å². The third-order valence-electron chi connectivity index (χ3n) is 2.44. The van der Waals surface area contributed by atoms with Crippen LogP contribution in [0.5, 0.6) is 0 Å². The van der Waals surface area contributed by atoms with Gasteiger partial charge in [-0.2, -0.15) is 0 Å². The van der Waals surface area contributed by atoms with Crippen LogP contribution in [0.4, 0.5) is 0 Å². The molecule has 0 spiro atoms. The van der Waals surface area contributed by atoms with Crippen LogP contribution in [0.15, 0.2) is 50.9 Å². The van der Waals surface area contributed by atoms with E-state index in [9.17, 15) is 0 Å². The van der Waals surface area contributed by atoms with Gasteiger partial charge < -0.3 is 5.73 Å². The van der Waals surface area contributed by atoms with E-state index in [1.807, 2.05) is 37.3 Å². The van der Waals surface area contributed by atoms with Crippen molar-refractivity contribution >= 4 is 33.5 Å². The molecule has 92 valence electrons. The molecule has 0 aliphatic carbocycles. The van der Waals surface area contributed by atoms with Gasteiger partial charge in [-0.1, -0.05) is 23.9 Å². The van der Waals surface area contributed by atoms with Crippen molar-refractivity contribution in [3.8, 4) is 0 Å². The van der Waals surface area contributed by atoms with E-state index < -0.39 is 0 Å². The zero-order chi connectivity index (χ0) is 13.1. The number of hydrogen-bond acceptors (Lipinski definition) is 3. The molecule has 2 rings (SSSR count). The highest BCUT2D eigenvalue weighted by atomic mass is 79.9. The van der Waals surface area contributed by atoms with E-state index >= 15 is 0 Å². The molecule has 3 nitrogen and oxygen atoms in total. The van der Waals surface area contributed by atoms with Gasteiger partial charge in [0, 0.05) is 15.6 Å². The monoisotopic (exact) mass is 321 g/mol. The quantitative estimate of drug-likeness (QED) is 0.670. The van der Waals surface area contributed by atoms with Crippen molar-refractivity contribution in [1.82, 2.24) is 4.98 Å². The number of amidine groups is 1. The molecule has 0 atom stereocenters. The lowest BCUT2D eigenvalue weighted by Crippen LogP contribution is -2.14. The zero-order valence-electron chi connectivity index (χ0n) is 9.77. The minimum Gasteiger partial charge on any atom is -0.384 e. The van der Waals surface area contributed by atoms with Crippen LogP contribution in [0.2, 0.25) is 0 Å². The third-order valence-corrected chi connectivity index (χ3v) is 4.47. The smallest absolute Gasteiger partial charge is 0.125 e. The van der Waals surface area contributed by atoms with Gasteiger partial charge in [-0.15, -0.1) is 0 Å². The molecule has 3 N–H and O–H groups in total. The average Bonchev–Trinajstić information content (AvgIpc) is 2.31. The maximum atomic E-state index is 7.65. The number of nitrogens with two attached hydrogens (primary N) is 1. The number of pyridine rings is 1. The van der Waals surface area contributed by atoms with Gasteiger partial charge >= 0.3 is 0 Å².